The van der Waals surface area contributed by atoms with Gasteiger partial charge in [-0.1, -0.05) is 59.9 Å². The van der Waals surface area contributed by atoms with E-state index in [1.165, 1.54) is 36.7 Å². The first-order chi connectivity index (χ1) is 18.9. The molecule has 0 spiro atoms. The summed E-state index contributed by atoms with van der Waals surface area (Å²) in [6.45, 7) is 0. The van der Waals surface area contributed by atoms with E-state index < -0.39 is 11.5 Å². The summed E-state index contributed by atoms with van der Waals surface area (Å²) in [6.07, 6.45) is 0. The van der Waals surface area contributed by atoms with Gasteiger partial charge in [0.15, 0.2) is 23.0 Å². The molecule has 0 aromatic heterocycles. The van der Waals surface area contributed by atoms with Crippen LogP contribution in [0.2, 0.25) is 0 Å². The third-order valence-electron chi connectivity index (χ3n) is 5.06. The molecule has 0 aliphatic heterocycles. The zero-order valence-corrected chi connectivity index (χ0v) is 21.9. The number of nitrogens with zero attached hydrogens (tertiary/aromatic N) is 4. The molecule has 0 bridgehead atoms. The summed E-state index contributed by atoms with van der Waals surface area (Å²) in [5.74, 6) is -1.09. The number of hydrogen-bond donors (Lipinski definition) is 3. The zero-order valence-electron chi connectivity index (χ0n) is 20.3. The molecule has 39 heavy (non-hydrogen) atoms. The van der Waals surface area contributed by atoms with Crippen LogP contribution in [0, 0.1) is 45.3 Å². The molecular weight excluding hydrogens is 532 g/mol. The van der Waals surface area contributed by atoms with Crippen molar-refractivity contribution < 1.29 is 20.1 Å². The van der Waals surface area contributed by atoms with Crippen LogP contribution >= 0.6 is 23.5 Å². The van der Waals surface area contributed by atoms with E-state index >= 15 is 0 Å². The van der Waals surface area contributed by atoms with Gasteiger partial charge in [0, 0.05) is 21.9 Å². The fourth-order valence-corrected chi connectivity index (χ4v) is 5.20. The third kappa shape index (κ3) is 6.55. The lowest BCUT2D eigenvalue weighted by molar-refractivity contribution is 0.371. The highest BCUT2D eigenvalue weighted by atomic mass is 32.2. The fourth-order valence-electron chi connectivity index (χ4n) is 3.23. The van der Waals surface area contributed by atoms with Gasteiger partial charge in [-0.25, -0.2) is 0 Å². The van der Waals surface area contributed by atoms with E-state index in [1.807, 2.05) is 84.9 Å². The van der Waals surface area contributed by atoms with Crippen molar-refractivity contribution in [2.75, 3.05) is 7.11 Å². The quantitative estimate of drug-likeness (QED) is 0.240. The van der Waals surface area contributed by atoms with Crippen molar-refractivity contribution in [1.29, 1.82) is 21.0 Å². The van der Waals surface area contributed by atoms with Crippen LogP contribution < -0.4 is 4.74 Å². The Labute approximate surface area is 233 Å². The summed E-state index contributed by atoms with van der Waals surface area (Å²) in [5.41, 5.74) is 0.408. The Kier molecular flexibility index (Phi) is 9.68. The lowest BCUT2D eigenvalue weighted by Gasteiger charge is -2.11. The molecule has 0 heterocycles. The monoisotopic (exact) mass is 550 g/mol. The summed E-state index contributed by atoms with van der Waals surface area (Å²) >= 11 is 2.46. The van der Waals surface area contributed by atoms with Crippen molar-refractivity contribution >= 4 is 23.5 Å². The number of ether oxygens (including phenoxy) is 1. The van der Waals surface area contributed by atoms with Gasteiger partial charge in [0.05, 0.1) is 28.0 Å². The van der Waals surface area contributed by atoms with E-state index in [1.54, 1.807) is 0 Å². The maximum absolute atomic E-state index is 10.00. The maximum atomic E-state index is 10.00. The highest BCUT2D eigenvalue weighted by Gasteiger charge is 2.20. The van der Waals surface area contributed by atoms with Gasteiger partial charge in [-0.05, 0) is 24.3 Å². The first-order valence-electron chi connectivity index (χ1n) is 11.0. The van der Waals surface area contributed by atoms with Crippen molar-refractivity contribution in [2.24, 2.45) is 0 Å². The maximum Gasteiger partial charge on any atom is 0.177 e. The van der Waals surface area contributed by atoms with Gasteiger partial charge in [-0.2, -0.15) is 21.0 Å². The van der Waals surface area contributed by atoms with Gasteiger partial charge in [0.25, 0.3) is 0 Å². The van der Waals surface area contributed by atoms with E-state index in [4.69, 9.17) is 15.3 Å². The van der Waals surface area contributed by atoms with E-state index in [9.17, 15) is 25.8 Å². The number of benzene rings is 4. The molecule has 0 atom stereocenters. The van der Waals surface area contributed by atoms with E-state index in [0.717, 1.165) is 15.9 Å². The Morgan fingerprint density at radius 3 is 1.46 bits per heavy atom. The highest BCUT2D eigenvalue weighted by molar-refractivity contribution is 7.99. The van der Waals surface area contributed by atoms with Gasteiger partial charge in [-0.15, -0.1) is 0 Å². The second-order valence-electron chi connectivity index (χ2n) is 7.45. The average Bonchev–Trinajstić information content (AvgIpc) is 2.97. The summed E-state index contributed by atoms with van der Waals surface area (Å²) in [6, 6.07) is 28.8. The molecule has 10 heteroatoms. The van der Waals surface area contributed by atoms with Crippen LogP contribution in [0.15, 0.2) is 92.4 Å². The number of nitriles is 4. The number of hydrogen-bond acceptors (Lipinski definition) is 10. The molecule has 3 N–H and O–H groups in total. The van der Waals surface area contributed by atoms with Crippen LogP contribution in [0.3, 0.4) is 0 Å². The van der Waals surface area contributed by atoms with E-state index in [2.05, 4.69) is 0 Å². The normalized spacial score (nSPS) is 9.56. The van der Waals surface area contributed by atoms with Gasteiger partial charge >= 0.3 is 0 Å². The lowest BCUT2D eigenvalue weighted by atomic mass is 10.1. The largest absolute Gasteiger partial charge is 0.504 e. The van der Waals surface area contributed by atoms with Crippen molar-refractivity contribution in [2.45, 2.75) is 19.6 Å². The van der Waals surface area contributed by atoms with Crippen molar-refractivity contribution in [1.82, 2.24) is 0 Å². The number of methoxy groups -OCH3 is 1. The number of rotatable bonds is 5. The Hall–Kier alpha value is -5.26. The average molecular weight is 551 g/mol. The first-order valence-corrected chi connectivity index (χ1v) is 12.6. The number of phenolic OH excluding ortho intramolecular Hbond substituents is 3. The van der Waals surface area contributed by atoms with Gasteiger partial charge < -0.3 is 20.1 Å². The molecule has 4 aromatic rings. The first kappa shape index (κ1) is 28.3. The molecule has 4 rings (SSSR count). The van der Waals surface area contributed by atoms with Gasteiger partial charge in [0.1, 0.15) is 35.4 Å². The molecule has 4 aromatic carbocycles. The molecule has 0 radical (unpaired) electrons. The van der Waals surface area contributed by atoms with Crippen LogP contribution in [0.25, 0.3) is 0 Å². The number of phenols is 3. The Morgan fingerprint density at radius 1 is 0.615 bits per heavy atom. The molecular formula is C29H18N4O4S2. The van der Waals surface area contributed by atoms with Crippen molar-refractivity contribution in [3.8, 4) is 47.3 Å². The topological polar surface area (TPSA) is 165 Å². The second kappa shape index (κ2) is 13.3. The predicted molar refractivity (Wildman–Crippen MR) is 144 cm³/mol. The van der Waals surface area contributed by atoms with Crippen molar-refractivity contribution in [3.63, 3.8) is 0 Å². The van der Waals surface area contributed by atoms with E-state index in [0.29, 0.717) is 15.4 Å². The van der Waals surface area contributed by atoms with Crippen LogP contribution in [0.1, 0.15) is 22.3 Å². The fraction of sp³-hybridized carbons (Fsp3) is 0.0345. The molecule has 0 aliphatic rings. The molecule has 8 nitrogen and oxygen atoms in total. The smallest absolute Gasteiger partial charge is 0.177 e. The molecule has 0 saturated carbocycles. The third-order valence-corrected chi connectivity index (χ3v) is 7.33. The minimum absolute atomic E-state index is 0.0507. The molecule has 0 fully saturated rings. The number of aromatic hydroxyl groups is 3. The Morgan fingerprint density at radius 2 is 1.05 bits per heavy atom. The zero-order chi connectivity index (χ0) is 28.4. The molecule has 190 valence electrons. The van der Waals surface area contributed by atoms with Crippen molar-refractivity contribution in [3.05, 3.63) is 95.1 Å². The molecule has 0 unspecified atom stereocenters. The highest BCUT2D eigenvalue weighted by Crippen LogP contribution is 2.42. The lowest BCUT2D eigenvalue weighted by Crippen LogP contribution is -1.93. The Balaban J connectivity index is 0.000000216. The van der Waals surface area contributed by atoms with E-state index in [-0.39, 0.29) is 28.2 Å². The minimum Gasteiger partial charge on any atom is -0.504 e. The predicted octanol–water partition coefficient (Wildman–Crippen LogP) is 6.29. The van der Waals surface area contributed by atoms with Crippen LogP contribution in [0.5, 0.6) is 23.0 Å². The summed E-state index contributed by atoms with van der Waals surface area (Å²) in [4.78, 5) is 2.48. The van der Waals surface area contributed by atoms with Crippen LogP contribution in [0.4, 0.5) is 0 Å². The molecule has 0 saturated heterocycles. The summed E-state index contributed by atoms with van der Waals surface area (Å²) in [5, 5.41) is 65.7. The summed E-state index contributed by atoms with van der Waals surface area (Å²) in [7, 11) is 1.38. The van der Waals surface area contributed by atoms with Crippen LogP contribution in [-0.2, 0) is 0 Å². The summed E-state index contributed by atoms with van der Waals surface area (Å²) < 4.78 is 4.97. The second-order valence-corrected chi connectivity index (χ2v) is 9.62. The molecule has 0 aliphatic carbocycles. The minimum atomic E-state index is -0.500. The van der Waals surface area contributed by atoms with Crippen LogP contribution in [-0.4, -0.2) is 22.4 Å². The Bertz CT molecular complexity index is 1670. The molecule has 0 amide bonds. The SMILES string of the molecule is COc1cc(C#N)c(Sc2ccccc2)c(C#N)c1O.N#Cc1cc(O)c(O)c(C#N)c1Sc1ccccc1. The van der Waals surface area contributed by atoms with Gasteiger partial charge in [0.2, 0.25) is 0 Å². The standard InChI is InChI=1S/C15H10N2O2S.C14H8N2O2S/c1-19-13-7-10(8-16)15(12(9-17)14(13)18)20-11-5-3-2-4-6-11;15-7-9-6-12(17)13(18)11(8-16)14(9)19-10-4-2-1-3-5-10/h2-7,18H,1H3;1-6,17-18H. The van der Waals surface area contributed by atoms with Gasteiger partial charge in [-0.3, -0.25) is 0 Å².